The van der Waals surface area contributed by atoms with Crippen LogP contribution in [0.5, 0.6) is 0 Å². The Kier molecular flexibility index (Phi) is 7.62. The number of halogens is 12. The first-order valence-electron chi connectivity index (χ1n) is 10.2. The molecule has 3 rings (SSSR count). The highest BCUT2D eigenvalue weighted by atomic mass is 19.4. The number of alkyl halides is 12. The quantitative estimate of drug-likeness (QED) is 0.357. The van der Waals surface area contributed by atoms with Gasteiger partial charge in [0, 0.05) is 19.6 Å². The Bertz CT molecular complexity index is 919. The van der Waals surface area contributed by atoms with Crippen molar-refractivity contribution in [3.63, 3.8) is 0 Å². The summed E-state index contributed by atoms with van der Waals surface area (Å²) in [5.74, 6) is 0. The van der Waals surface area contributed by atoms with Crippen LogP contribution in [0.3, 0.4) is 0 Å². The van der Waals surface area contributed by atoms with Gasteiger partial charge in [-0.05, 0) is 53.9 Å². The van der Waals surface area contributed by atoms with E-state index >= 15 is 0 Å². The van der Waals surface area contributed by atoms with Crippen LogP contribution in [-0.2, 0) is 34.2 Å². The summed E-state index contributed by atoms with van der Waals surface area (Å²) in [6, 6.07) is 1.36. The van der Waals surface area contributed by atoms with E-state index in [-0.39, 0.29) is 31.8 Å². The van der Waals surface area contributed by atoms with E-state index < -0.39 is 76.7 Å². The first-order valence-corrected chi connectivity index (χ1v) is 10.2. The number of rotatable bonds is 2. The second-order valence-corrected chi connectivity index (χ2v) is 7.99. The predicted molar refractivity (Wildman–Crippen MR) is 99.5 cm³/mol. The van der Waals surface area contributed by atoms with Gasteiger partial charge in [0.15, 0.2) is 0 Å². The number of benzene rings is 2. The van der Waals surface area contributed by atoms with Crippen LogP contribution < -0.4 is 0 Å². The molecule has 0 amide bonds. The fourth-order valence-electron chi connectivity index (χ4n) is 3.63. The molecule has 2 nitrogen and oxygen atoms in total. The van der Waals surface area contributed by atoms with Crippen LogP contribution in [0, 0.1) is 0 Å². The highest BCUT2D eigenvalue weighted by Crippen LogP contribution is 2.43. The van der Waals surface area contributed by atoms with Crippen molar-refractivity contribution in [1.82, 2.24) is 0 Å². The van der Waals surface area contributed by atoms with E-state index in [0.717, 1.165) is 0 Å². The standard InChI is InChI=1S/C22H16F12O2/c23-19(24,25)13-4-11(5-14(8-13)20(26,27)28)17-10-18(36-3-1-2-35-17)12-6-15(21(29,30)31)9-16(7-12)22(32,33)34/h4-9,17-18H,1-3,10H2. The SMILES string of the molecule is FC(F)(F)c1cc(C2CC(c3cc(C(F)(F)F)cc(C(F)(F)F)c3)OCCCO2)cc(C(F)(F)F)c1. The normalized spacial score (nSPS) is 20.7. The molecule has 0 bridgehead atoms. The molecule has 1 heterocycles. The summed E-state index contributed by atoms with van der Waals surface area (Å²) < 4.78 is 170. The second-order valence-electron chi connectivity index (χ2n) is 7.99. The van der Waals surface area contributed by atoms with Crippen LogP contribution in [0.25, 0.3) is 0 Å². The lowest BCUT2D eigenvalue weighted by molar-refractivity contribution is -0.144. The summed E-state index contributed by atoms with van der Waals surface area (Å²) in [6.07, 6.45) is -24.4. The molecule has 36 heavy (non-hydrogen) atoms. The summed E-state index contributed by atoms with van der Waals surface area (Å²) in [7, 11) is 0. The van der Waals surface area contributed by atoms with Crippen LogP contribution in [0.15, 0.2) is 36.4 Å². The maximum atomic E-state index is 13.3. The summed E-state index contributed by atoms with van der Waals surface area (Å²) in [5, 5.41) is 0. The molecule has 14 heteroatoms. The van der Waals surface area contributed by atoms with Crippen molar-refractivity contribution in [3.8, 4) is 0 Å². The van der Waals surface area contributed by atoms with Gasteiger partial charge in [-0.1, -0.05) is 0 Å². The summed E-state index contributed by atoms with van der Waals surface area (Å²) in [5.41, 5.74) is -7.78. The van der Waals surface area contributed by atoms with Crippen LogP contribution in [0.2, 0.25) is 0 Å². The van der Waals surface area contributed by atoms with Crippen molar-refractivity contribution in [3.05, 3.63) is 69.8 Å². The monoisotopic (exact) mass is 540 g/mol. The van der Waals surface area contributed by atoms with E-state index in [0.29, 0.717) is 24.3 Å². The predicted octanol–water partition coefficient (Wildman–Crippen LogP) is 8.37. The molecule has 0 N–H and O–H groups in total. The topological polar surface area (TPSA) is 18.5 Å². The Morgan fingerprint density at radius 3 is 1.00 bits per heavy atom. The van der Waals surface area contributed by atoms with Gasteiger partial charge in [-0.25, -0.2) is 0 Å². The lowest BCUT2D eigenvalue weighted by Gasteiger charge is -2.29. The first-order chi connectivity index (χ1) is 16.4. The third-order valence-corrected chi connectivity index (χ3v) is 5.32. The van der Waals surface area contributed by atoms with E-state index in [2.05, 4.69) is 0 Å². The van der Waals surface area contributed by atoms with Gasteiger partial charge in [-0.2, -0.15) is 52.7 Å². The highest BCUT2D eigenvalue weighted by molar-refractivity contribution is 5.37. The fourth-order valence-corrected chi connectivity index (χ4v) is 3.63. The van der Waals surface area contributed by atoms with Gasteiger partial charge in [0.05, 0.1) is 34.5 Å². The molecule has 2 unspecified atom stereocenters. The van der Waals surface area contributed by atoms with Crippen LogP contribution >= 0.6 is 0 Å². The average Bonchev–Trinajstić information content (AvgIpc) is 2.70. The van der Waals surface area contributed by atoms with Crippen molar-refractivity contribution in [2.75, 3.05) is 13.2 Å². The van der Waals surface area contributed by atoms with Crippen LogP contribution in [0.1, 0.15) is 58.4 Å². The first kappa shape index (κ1) is 28.1. The van der Waals surface area contributed by atoms with Crippen molar-refractivity contribution < 1.29 is 62.2 Å². The maximum absolute atomic E-state index is 13.3. The lowest BCUT2D eigenvalue weighted by Crippen LogP contribution is -2.21. The Morgan fingerprint density at radius 1 is 0.472 bits per heavy atom. The number of ether oxygens (including phenoxy) is 2. The maximum Gasteiger partial charge on any atom is 0.416 e. The molecule has 1 fully saturated rings. The van der Waals surface area contributed by atoms with Crippen molar-refractivity contribution in [2.24, 2.45) is 0 Å². The molecular weight excluding hydrogens is 524 g/mol. The summed E-state index contributed by atoms with van der Waals surface area (Å²) >= 11 is 0. The molecule has 0 radical (unpaired) electrons. The van der Waals surface area contributed by atoms with Gasteiger partial charge in [0.2, 0.25) is 0 Å². The minimum Gasteiger partial charge on any atom is -0.373 e. The van der Waals surface area contributed by atoms with Crippen molar-refractivity contribution in [1.29, 1.82) is 0 Å². The van der Waals surface area contributed by atoms with E-state index in [9.17, 15) is 52.7 Å². The molecule has 2 aromatic carbocycles. The summed E-state index contributed by atoms with van der Waals surface area (Å²) in [4.78, 5) is 0. The zero-order valence-corrected chi connectivity index (χ0v) is 17.8. The molecule has 1 saturated heterocycles. The van der Waals surface area contributed by atoms with Gasteiger partial charge in [-0.15, -0.1) is 0 Å². The molecule has 0 aliphatic carbocycles. The molecule has 0 saturated carbocycles. The van der Waals surface area contributed by atoms with Gasteiger partial charge in [0.1, 0.15) is 0 Å². The third-order valence-electron chi connectivity index (χ3n) is 5.32. The molecule has 200 valence electrons. The van der Waals surface area contributed by atoms with Gasteiger partial charge in [0.25, 0.3) is 0 Å². The minimum atomic E-state index is -5.17. The lowest BCUT2D eigenvalue weighted by atomic mass is 9.93. The smallest absolute Gasteiger partial charge is 0.373 e. The van der Waals surface area contributed by atoms with Crippen LogP contribution in [-0.4, -0.2) is 13.2 Å². The highest BCUT2D eigenvalue weighted by Gasteiger charge is 2.40. The molecule has 1 aliphatic rings. The van der Waals surface area contributed by atoms with Crippen LogP contribution in [0.4, 0.5) is 52.7 Å². The molecule has 0 spiro atoms. The second kappa shape index (κ2) is 9.77. The van der Waals surface area contributed by atoms with Crippen molar-refractivity contribution in [2.45, 2.75) is 49.8 Å². The van der Waals surface area contributed by atoms with Gasteiger partial charge >= 0.3 is 24.7 Å². The molecule has 1 aliphatic heterocycles. The van der Waals surface area contributed by atoms with E-state index in [1.807, 2.05) is 0 Å². The number of hydrogen-bond acceptors (Lipinski definition) is 2. The Balaban J connectivity index is 2.09. The zero-order chi connectivity index (χ0) is 27.1. The Hall–Kier alpha value is -2.48. The molecule has 0 aromatic heterocycles. The van der Waals surface area contributed by atoms with Crippen molar-refractivity contribution >= 4 is 0 Å². The molecule has 2 aromatic rings. The Morgan fingerprint density at radius 2 is 0.750 bits per heavy atom. The third kappa shape index (κ3) is 6.84. The van der Waals surface area contributed by atoms with Gasteiger partial charge in [-0.3, -0.25) is 0 Å². The van der Waals surface area contributed by atoms with E-state index in [1.165, 1.54) is 0 Å². The largest absolute Gasteiger partial charge is 0.416 e. The zero-order valence-electron chi connectivity index (χ0n) is 17.8. The fraction of sp³-hybridized carbons (Fsp3) is 0.455. The number of hydrogen-bond donors (Lipinski definition) is 0. The minimum absolute atomic E-state index is 0.0309. The summed E-state index contributed by atoms with van der Waals surface area (Å²) in [6.45, 7) is -0.378. The average molecular weight is 540 g/mol. The Labute approximate surface area is 195 Å². The van der Waals surface area contributed by atoms with E-state index in [4.69, 9.17) is 9.47 Å². The van der Waals surface area contributed by atoms with E-state index in [1.54, 1.807) is 0 Å². The van der Waals surface area contributed by atoms with Gasteiger partial charge < -0.3 is 9.47 Å². The molecule has 2 atom stereocenters. The molecular formula is C22H16F12O2.